The summed E-state index contributed by atoms with van der Waals surface area (Å²) < 4.78 is 10.8. The molecule has 2 amide bonds. The van der Waals surface area contributed by atoms with Gasteiger partial charge in [-0.05, 0) is 50.7 Å². The fourth-order valence-corrected chi connectivity index (χ4v) is 5.44. The van der Waals surface area contributed by atoms with Crippen molar-refractivity contribution in [2.24, 2.45) is 0 Å². The molecular formula is C30H42N4O5S. The maximum Gasteiger partial charge on any atom is 0.341 e. The standard InChI is InChI=1S/C30H42N4O5S/c1-2-3-4-15-20-38-29(37)23-16-13-14-18-25(23)39-22-28(36)34-31-21-27(35)33-30-32-24-17-11-9-7-5-6-8-10-12-19-26(24)40-30/h3-4,13-14,16,18,31H,2,5-12,15,17,19-22H2,1H3,(H,34,36)(H,32,33,35)/b4-3-. The minimum absolute atomic E-state index is 0.120. The lowest BCUT2D eigenvalue weighted by molar-refractivity contribution is -0.124. The lowest BCUT2D eigenvalue weighted by Gasteiger charge is -2.11. The number of nitrogens with one attached hydrogen (secondary N) is 3. The van der Waals surface area contributed by atoms with Gasteiger partial charge in [-0.15, -0.1) is 11.3 Å². The smallest absolute Gasteiger partial charge is 0.341 e. The Morgan fingerprint density at radius 3 is 2.45 bits per heavy atom. The number of fused-ring (bicyclic) bond motifs is 1. The van der Waals surface area contributed by atoms with Gasteiger partial charge in [-0.1, -0.05) is 69.7 Å². The van der Waals surface area contributed by atoms with Crippen LogP contribution in [0.4, 0.5) is 5.13 Å². The second-order valence-corrected chi connectivity index (χ2v) is 10.8. The molecule has 3 N–H and O–H groups in total. The third-order valence-electron chi connectivity index (χ3n) is 6.45. The van der Waals surface area contributed by atoms with Gasteiger partial charge in [-0.2, -0.15) is 0 Å². The van der Waals surface area contributed by atoms with Gasteiger partial charge < -0.3 is 14.8 Å². The van der Waals surface area contributed by atoms with Crippen molar-refractivity contribution in [3.8, 4) is 5.75 Å². The van der Waals surface area contributed by atoms with Crippen LogP contribution in [-0.4, -0.2) is 42.5 Å². The molecule has 0 spiro atoms. The molecule has 9 nitrogen and oxygen atoms in total. The second kappa shape index (κ2) is 18.2. The molecule has 1 heterocycles. The summed E-state index contributed by atoms with van der Waals surface area (Å²) in [7, 11) is 0. The van der Waals surface area contributed by atoms with Crippen molar-refractivity contribution in [1.82, 2.24) is 15.8 Å². The molecule has 10 heteroatoms. The normalized spacial score (nSPS) is 14.4. The number of benzene rings is 1. The highest BCUT2D eigenvalue weighted by Crippen LogP contribution is 2.27. The summed E-state index contributed by atoms with van der Waals surface area (Å²) in [6.45, 7) is 1.85. The molecule has 0 radical (unpaired) electrons. The zero-order valence-corrected chi connectivity index (χ0v) is 24.3. The highest BCUT2D eigenvalue weighted by atomic mass is 32.1. The Morgan fingerprint density at radius 1 is 0.950 bits per heavy atom. The summed E-state index contributed by atoms with van der Waals surface area (Å²) in [5.41, 5.74) is 6.43. The number of hydrogen-bond acceptors (Lipinski definition) is 8. The minimum Gasteiger partial charge on any atom is -0.483 e. The lowest BCUT2D eigenvalue weighted by Crippen LogP contribution is -2.44. The molecule has 0 bridgehead atoms. The first-order chi connectivity index (χ1) is 19.6. The number of hydrazine groups is 1. The molecule has 3 rings (SSSR count). The second-order valence-electron chi connectivity index (χ2n) is 9.76. The molecular weight excluding hydrogens is 528 g/mol. The van der Waals surface area contributed by atoms with Crippen molar-refractivity contribution in [3.05, 3.63) is 52.6 Å². The number of amides is 2. The zero-order valence-electron chi connectivity index (χ0n) is 23.5. The number of carbonyl (C=O) groups excluding carboxylic acids is 3. The molecule has 1 aromatic carbocycles. The maximum absolute atomic E-state index is 12.4. The molecule has 40 heavy (non-hydrogen) atoms. The first-order valence-electron chi connectivity index (χ1n) is 14.4. The number of rotatable bonds is 12. The number of esters is 1. The highest BCUT2D eigenvalue weighted by Gasteiger charge is 2.16. The first-order valence-corrected chi connectivity index (χ1v) is 15.2. The fraction of sp³-hybridized carbons (Fsp3) is 0.533. The van der Waals surface area contributed by atoms with E-state index in [2.05, 4.69) is 21.2 Å². The Morgan fingerprint density at radius 2 is 1.68 bits per heavy atom. The third-order valence-corrected chi connectivity index (χ3v) is 7.53. The zero-order chi connectivity index (χ0) is 28.4. The van der Waals surface area contributed by atoms with Crippen LogP contribution < -0.4 is 20.9 Å². The largest absolute Gasteiger partial charge is 0.483 e. The monoisotopic (exact) mass is 570 g/mol. The summed E-state index contributed by atoms with van der Waals surface area (Å²) in [6, 6.07) is 6.61. The molecule has 1 aliphatic rings. The van der Waals surface area contributed by atoms with E-state index >= 15 is 0 Å². The molecule has 218 valence electrons. The number of thiazole rings is 1. The summed E-state index contributed by atoms with van der Waals surface area (Å²) in [6.07, 6.45) is 17.4. The van der Waals surface area contributed by atoms with Crippen LogP contribution in [0.2, 0.25) is 0 Å². The van der Waals surface area contributed by atoms with Crippen LogP contribution >= 0.6 is 11.3 Å². The van der Waals surface area contributed by atoms with Gasteiger partial charge in [0.2, 0.25) is 5.91 Å². The Labute approximate surface area is 241 Å². The molecule has 0 aliphatic heterocycles. The number of nitrogens with zero attached hydrogens (tertiary/aromatic N) is 1. The summed E-state index contributed by atoms with van der Waals surface area (Å²) >= 11 is 1.55. The third kappa shape index (κ3) is 11.5. The van der Waals surface area contributed by atoms with Gasteiger partial charge in [0.25, 0.3) is 5.91 Å². The number of hydrogen-bond donors (Lipinski definition) is 3. The number of allylic oxidation sites excluding steroid dienone is 1. The van der Waals surface area contributed by atoms with Gasteiger partial charge in [0.1, 0.15) is 11.3 Å². The topological polar surface area (TPSA) is 119 Å². The van der Waals surface area contributed by atoms with Gasteiger partial charge >= 0.3 is 5.97 Å². The Bertz CT molecular complexity index is 1090. The predicted molar refractivity (Wildman–Crippen MR) is 158 cm³/mol. The van der Waals surface area contributed by atoms with E-state index in [9.17, 15) is 14.4 Å². The van der Waals surface area contributed by atoms with Crippen LogP contribution in [0.5, 0.6) is 5.75 Å². The van der Waals surface area contributed by atoms with E-state index in [1.165, 1.54) is 43.4 Å². The predicted octanol–water partition coefficient (Wildman–Crippen LogP) is 5.51. The van der Waals surface area contributed by atoms with Crippen LogP contribution in [0, 0.1) is 0 Å². The van der Waals surface area contributed by atoms with Crippen LogP contribution in [0.15, 0.2) is 36.4 Å². The first kappa shape index (κ1) is 31.3. The average Bonchev–Trinajstić information content (AvgIpc) is 3.32. The molecule has 1 aromatic heterocycles. The molecule has 0 unspecified atom stereocenters. The van der Waals surface area contributed by atoms with Crippen LogP contribution in [-0.2, 0) is 27.2 Å². The van der Waals surface area contributed by atoms with Gasteiger partial charge in [0.05, 0.1) is 18.8 Å². The SMILES string of the molecule is CC/C=C\CCOC(=O)c1ccccc1OCC(=O)NNCC(=O)Nc1nc2c(s1)CCCCCCCCCC2. The van der Waals surface area contributed by atoms with Crippen LogP contribution in [0.25, 0.3) is 0 Å². The summed E-state index contributed by atoms with van der Waals surface area (Å²) in [5, 5.41) is 3.45. The number of ether oxygens (including phenoxy) is 2. The van der Waals surface area contributed by atoms with Crippen molar-refractivity contribution < 1.29 is 23.9 Å². The van der Waals surface area contributed by atoms with E-state index in [4.69, 9.17) is 9.47 Å². The quantitative estimate of drug-likeness (QED) is 0.133. The van der Waals surface area contributed by atoms with Gasteiger partial charge in [-0.25, -0.2) is 15.2 Å². The molecule has 0 fully saturated rings. The van der Waals surface area contributed by atoms with E-state index in [0.29, 0.717) is 11.6 Å². The van der Waals surface area contributed by atoms with Crippen LogP contribution in [0.1, 0.15) is 92.1 Å². The van der Waals surface area contributed by atoms with Crippen molar-refractivity contribution in [2.45, 2.75) is 84.0 Å². The summed E-state index contributed by atoms with van der Waals surface area (Å²) in [4.78, 5) is 43.1. The molecule has 1 aliphatic carbocycles. The molecule has 2 aromatic rings. The Kier molecular flexibility index (Phi) is 14.2. The summed E-state index contributed by atoms with van der Waals surface area (Å²) in [5.74, 6) is -1.05. The number of para-hydroxylation sites is 1. The average molecular weight is 571 g/mol. The highest BCUT2D eigenvalue weighted by molar-refractivity contribution is 7.15. The number of aryl methyl sites for hydroxylation is 2. The minimum atomic E-state index is -0.511. The van der Waals surface area contributed by atoms with E-state index in [1.807, 2.05) is 19.1 Å². The fourth-order valence-electron chi connectivity index (χ4n) is 4.38. The Hall–Kier alpha value is -3.24. The number of carbonyl (C=O) groups is 3. The van der Waals surface area contributed by atoms with Gasteiger partial charge in [0.15, 0.2) is 11.7 Å². The van der Waals surface area contributed by atoms with Crippen molar-refractivity contribution >= 4 is 34.3 Å². The molecule has 0 saturated carbocycles. The van der Waals surface area contributed by atoms with E-state index in [-0.39, 0.29) is 37.0 Å². The van der Waals surface area contributed by atoms with E-state index in [1.54, 1.807) is 35.6 Å². The van der Waals surface area contributed by atoms with Gasteiger partial charge in [-0.3, -0.25) is 15.0 Å². The van der Waals surface area contributed by atoms with Gasteiger partial charge in [0, 0.05) is 4.88 Å². The van der Waals surface area contributed by atoms with Crippen molar-refractivity contribution in [1.29, 1.82) is 0 Å². The lowest BCUT2D eigenvalue weighted by atomic mass is 10.0. The van der Waals surface area contributed by atoms with Crippen molar-refractivity contribution in [3.63, 3.8) is 0 Å². The Balaban J connectivity index is 1.40. The molecule has 0 saturated heterocycles. The van der Waals surface area contributed by atoms with Crippen LogP contribution in [0.3, 0.4) is 0 Å². The van der Waals surface area contributed by atoms with E-state index in [0.717, 1.165) is 37.8 Å². The number of aromatic nitrogens is 1. The number of anilines is 1. The van der Waals surface area contributed by atoms with E-state index < -0.39 is 11.9 Å². The van der Waals surface area contributed by atoms with Crippen molar-refractivity contribution in [2.75, 3.05) is 25.1 Å². The maximum atomic E-state index is 12.4. The molecule has 0 atom stereocenters.